The van der Waals surface area contributed by atoms with E-state index < -0.39 is 5.92 Å². The van der Waals surface area contributed by atoms with Crippen LogP contribution in [0.15, 0.2) is 36.5 Å². The van der Waals surface area contributed by atoms with Crippen molar-refractivity contribution in [2.24, 2.45) is 5.92 Å². The van der Waals surface area contributed by atoms with Gasteiger partial charge in [0, 0.05) is 6.42 Å². The van der Waals surface area contributed by atoms with Crippen LogP contribution in [0.5, 0.6) is 0 Å². The zero-order valence-electron chi connectivity index (χ0n) is 11.4. The summed E-state index contributed by atoms with van der Waals surface area (Å²) in [6, 6.07) is 0. The lowest BCUT2D eigenvalue weighted by molar-refractivity contribution is -0.128. The van der Waals surface area contributed by atoms with Crippen LogP contribution in [0.3, 0.4) is 0 Å². The average molecular weight is 266 g/mol. The second kappa shape index (κ2) is 11.0. The standard InChI is InChI=1S/C15H22O2S/c1-4-6-7-8-9-10-11-12-14(16)13(5-2)15(17)18-3/h4,6-10,13H,5,11-12H2,1-3H3/b6-4-,8-7-,10-9+. The molecule has 2 nitrogen and oxygen atoms in total. The van der Waals surface area contributed by atoms with E-state index in [1.807, 2.05) is 50.3 Å². The maximum Gasteiger partial charge on any atom is 0.199 e. The van der Waals surface area contributed by atoms with Crippen LogP contribution in [0.25, 0.3) is 0 Å². The maximum atomic E-state index is 11.8. The van der Waals surface area contributed by atoms with E-state index in [2.05, 4.69) is 0 Å². The first-order valence-corrected chi connectivity index (χ1v) is 7.44. The van der Waals surface area contributed by atoms with E-state index >= 15 is 0 Å². The summed E-state index contributed by atoms with van der Waals surface area (Å²) in [7, 11) is 0. The second-order valence-electron chi connectivity index (χ2n) is 3.83. The quantitative estimate of drug-likeness (QED) is 0.493. The molecule has 0 saturated heterocycles. The van der Waals surface area contributed by atoms with Gasteiger partial charge in [-0.05, 0) is 26.0 Å². The van der Waals surface area contributed by atoms with E-state index in [1.54, 1.807) is 6.26 Å². The first-order valence-electron chi connectivity index (χ1n) is 6.22. The van der Waals surface area contributed by atoms with Gasteiger partial charge in [0.2, 0.25) is 0 Å². The molecule has 0 radical (unpaired) electrons. The van der Waals surface area contributed by atoms with E-state index in [0.29, 0.717) is 19.3 Å². The highest BCUT2D eigenvalue weighted by molar-refractivity contribution is 8.13. The Labute approximate surface area is 114 Å². The molecule has 0 fully saturated rings. The summed E-state index contributed by atoms with van der Waals surface area (Å²) in [5.74, 6) is -0.370. The van der Waals surface area contributed by atoms with Crippen LogP contribution in [0.1, 0.15) is 33.1 Å². The number of carbonyl (C=O) groups is 2. The van der Waals surface area contributed by atoms with Crippen LogP contribution < -0.4 is 0 Å². The normalized spacial score (nSPS) is 13.7. The van der Waals surface area contributed by atoms with Crippen molar-refractivity contribution in [3.8, 4) is 0 Å². The fourth-order valence-corrected chi connectivity index (χ4v) is 2.06. The van der Waals surface area contributed by atoms with Gasteiger partial charge in [-0.2, -0.15) is 0 Å². The fourth-order valence-electron chi connectivity index (χ4n) is 1.48. The summed E-state index contributed by atoms with van der Waals surface area (Å²) in [6.07, 6.45) is 15.1. The summed E-state index contributed by atoms with van der Waals surface area (Å²) >= 11 is 1.14. The number of carbonyl (C=O) groups excluding carboxylic acids is 2. The van der Waals surface area contributed by atoms with Crippen molar-refractivity contribution >= 4 is 22.7 Å². The monoisotopic (exact) mass is 266 g/mol. The molecule has 0 rings (SSSR count). The van der Waals surface area contributed by atoms with Crippen molar-refractivity contribution in [1.29, 1.82) is 0 Å². The third kappa shape index (κ3) is 7.28. The molecule has 0 N–H and O–H groups in total. The number of allylic oxidation sites excluding steroid dienone is 6. The van der Waals surface area contributed by atoms with E-state index in [9.17, 15) is 9.59 Å². The largest absolute Gasteiger partial charge is 0.299 e. The van der Waals surface area contributed by atoms with Crippen molar-refractivity contribution in [1.82, 2.24) is 0 Å². The zero-order valence-corrected chi connectivity index (χ0v) is 12.2. The van der Waals surface area contributed by atoms with Gasteiger partial charge in [0.25, 0.3) is 0 Å². The van der Waals surface area contributed by atoms with E-state index in [-0.39, 0.29) is 10.9 Å². The van der Waals surface area contributed by atoms with E-state index in [0.717, 1.165) is 11.8 Å². The molecule has 0 saturated carbocycles. The lowest BCUT2D eigenvalue weighted by Crippen LogP contribution is -2.20. The highest BCUT2D eigenvalue weighted by Gasteiger charge is 2.22. The minimum absolute atomic E-state index is 0.0144. The highest BCUT2D eigenvalue weighted by atomic mass is 32.2. The van der Waals surface area contributed by atoms with E-state index in [1.165, 1.54) is 0 Å². The van der Waals surface area contributed by atoms with Crippen LogP contribution in [-0.4, -0.2) is 17.2 Å². The third-order valence-electron chi connectivity index (χ3n) is 2.50. The van der Waals surface area contributed by atoms with Crippen molar-refractivity contribution in [2.45, 2.75) is 33.1 Å². The molecule has 100 valence electrons. The van der Waals surface area contributed by atoms with Crippen LogP contribution in [-0.2, 0) is 9.59 Å². The van der Waals surface area contributed by atoms with Gasteiger partial charge in [0.1, 0.15) is 5.78 Å². The Morgan fingerprint density at radius 3 is 2.39 bits per heavy atom. The van der Waals surface area contributed by atoms with Crippen molar-refractivity contribution < 1.29 is 9.59 Å². The molecule has 1 atom stereocenters. The molecular weight excluding hydrogens is 244 g/mol. The smallest absolute Gasteiger partial charge is 0.199 e. The molecule has 0 aliphatic rings. The molecule has 1 unspecified atom stereocenters. The number of thioether (sulfide) groups is 1. The van der Waals surface area contributed by atoms with Gasteiger partial charge in [-0.1, -0.05) is 55.1 Å². The molecule has 0 heterocycles. The van der Waals surface area contributed by atoms with Crippen LogP contribution in [0, 0.1) is 5.92 Å². The summed E-state index contributed by atoms with van der Waals surface area (Å²) in [5, 5.41) is -0.0144. The first-order chi connectivity index (χ1) is 8.67. The lowest BCUT2D eigenvalue weighted by Gasteiger charge is -2.09. The molecule has 0 aromatic heterocycles. The molecule has 0 aromatic rings. The molecule has 0 spiro atoms. The molecule has 0 aromatic carbocycles. The SMILES string of the molecule is C\C=C/C=C\C=C\CCC(=O)C(CC)C(=O)SC. The second-order valence-corrected chi connectivity index (χ2v) is 4.64. The van der Waals surface area contributed by atoms with E-state index in [4.69, 9.17) is 0 Å². The lowest BCUT2D eigenvalue weighted by atomic mass is 9.99. The number of ketones is 1. The Kier molecular flexibility index (Phi) is 10.4. The topological polar surface area (TPSA) is 34.1 Å². The molecule has 0 bridgehead atoms. The van der Waals surface area contributed by atoms with Gasteiger partial charge in [-0.25, -0.2) is 0 Å². The number of Topliss-reactive ketones (excluding diaryl/α,β-unsaturated/α-hetero) is 1. The number of rotatable bonds is 8. The maximum absolute atomic E-state index is 11.8. The Balaban J connectivity index is 4.05. The van der Waals surface area contributed by atoms with Crippen molar-refractivity contribution in [2.75, 3.05) is 6.26 Å². The van der Waals surface area contributed by atoms with Gasteiger partial charge < -0.3 is 0 Å². The van der Waals surface area contributed by atoms with Gasteiger partial charge in [0.05, 0.1) is 5.92 Å². The summed E-state index contributed by atoms with van der Waals surface area (Å²) < 4.78 is 0. The number of hydrogen-bond donors (Lipinski definition) is 0. The molecular formula is C15H22O2S. The fraction of sp³-hybridized carbons (Fsp3) is 0.467. The predicted octanol–water partition coefficient (Wildman–Crippen LogP) is 3.94. The van der Waals surface area contributed by atoms with Gasteiger partial charge in [-0.3, -0.25) is 9.59 Å². The molecule has 0 aliphatic carbocycles. The van der Waals surface area contributed by atoms with Crippen LogP contribution >= 0.6 is 11.8 Å². The Hall–Kier alpha value is -1.09. The van der Waals surface area contributed by atoms with Gasteiger partial charge >= 0.3 is 0 Å². The zero-order chi connectivity index (χ0) is 13.8. The molecule has 0 aliphatic heterocycles. The highest BCUT2D eigenvalue weighted by Crippen LogP contribution is 2.15. The Bertz CT molecular complexity index is 340. The van der Waals surface area contributed by atoms with Crippen LogP contribution in [0.2, 0.25) is 0 Å². The third-order valence-corrected chi connectivity index (χ3v) is 3.19. The Morgan fingerprint density at radius 1 is 1.17 bits per heavy atom. The minimum atomic E-state index is -0.424. The summed E-state index contributed by atoms with van der Waals surface area (Å²) in [4.78, 5) is 23.3. The first kappa shape index (κ1) is 16.9. The minimum Gasteiger partial charge on any atom is -0.299 e. The van der Waals surface area contributed by atoms with Crippen LogP contribution in [0.4, 0.5) is 0 Å². The molecule has 3 heteroatoms. The Morgan fingerprint density at radius 2 is 1.83 bits per heavy atom. The number of hydrogen-bond acceptors (Lipinski definition) is 3. The van der Waals surface area contributed by atoms with Crippen molar-refractivity contribution in [3.05, 3.63) is 36.5 Å². The predicted molar refractivity (Wildman–Crippen MR) is 79.6 cm³/mol. The average Bonchev–Trinajstić information content (AvgIpc) is 2.38. The summed E-state index contributed by atoms with van der Waals surface area (Å²) in [6.45, 7) is 3.84. The molecule has 18 heavy (non-hydrogen) atoms. The van der Waals surface area contributed by atoms with Crippen molar-refractivity contribution in [3.63, 3.8) is 0 Å². The summed E-state index contributed by atoms with van der Waals surface area (Å²) in [5.41, 5.74) is 0. The van der Waals surface area contributed by atoms with Gasteiger partial charge in [0.15, 0.2) is 5.12 Å². The molecule has 0 amide bonds. The van der Waals surface area contributed by atoms with Gasteiger partial charge in [-0.15, -0.1) is 0 Å².